The minimum Gasteiger partial charge on any atom is -0.300 e. The first kappa shape index (κ1) is 23.3. The summed E-state index contributed by atoms with van der Waals surface area (Å²) >= 11 is 0. The van der Waals surface area contributed by atoms with E-state index in [1.54, 1.807) is 6.07 Å². The van der Waals surface area contributed by atoms with E-state index in [4.69, 9.17) is 0 Å². The maximum atomic E-state index is 13.0. The van der Waals surface area contributed by atoms with Crippen molar-refractivity contribution in [1.29, 1.82) is 0 Å². The molecular formula is C25H36F3NO. The lowest BCUT2D eigenvalue weighted by Crippen LogP contribution is -2.35. The van der Waals surface area contributed by atoms with E-state index < -0.39 is 11.7 Å². The molecule has 1 aromatic carbocycles. The molecular weight excluding hydrogens is 387 g/mol. The monoisotopic (exact) mass is 423 g/mol. The van der Waals surface area contributed by atoms with Gasteiger partial charge in [0.1, 0.15) is 5.78 Å². The Kier molecular flexibility index (Phi) is 7.65. The molecule has 2 aliphatic rings. The van der Waals surface area contributed by atoms with Crippen molar-refractivity contribution in [1.82, 2.24) is 4.90 Å². The van der Waals surface area contributed by atoms with Gasteiger partial charge in [-0.25, -0.2) is 0 Å². The molecule has 3 rings (SSSR count). The third-order valence-corrected chi connectivity index (χ3v) is 7.45. The van der Waals surface area contributed by atoms with Crippen LogP contribution >= 0.6 is 0 Å². The maximum Gasteiger partial charge on any atom is 0.416 e. The second-order valence-corrected chi connectivity index (χ2v) is 9.53. The van der Waals surface area contributed by atoms with Gasteiger partial charge in [-0.3, -0.25) is 4.79 Å². The Morgan fingerprint density at radius 1 is 1.20 bits per heavy atom. The van der Waals surface area contributed by atoms with Crippen molar-refractivity contribution in [3.63, 3.8) is 0 Å². The van der Waals surface area contributed by atoms with E-state index >= 15 is 0 Å². The van der Waals surface area contributed by atoms with Gasteiger partial charge >= 0.3 is 6.18 Å². The van der Waals surface area contributed by atoms with Crippen molar-refractivity contribution >= 4 is 5.78 Å². The second kappa shape index (κ2) is 9.84. The van der Waals surface area contributed by atoms with Gasteiger partial charge in [-0.15, -0.1) is 0 Å². The zero-order valence-corrected chi connectivity index (χ0v) is 18.5. The summed E-state index contributed by atoms with van der Waals surface area (Å²) in [5.74, 6) is 1.18. The Hall–Kier alpha value is -1.36. The molecule has 0 radical (unpaired) electrons. The van der Waals surface area contributed by atoms with Crippen LogP contribution < -0.4 is 0 Å². The molecule has 0 saturated heterocycles. The first-order chi connectivity index (χ1) is 14.2. The van der Waals surface area contributed by atoms with Crippen LogP contribution in [0.5, 0.6) is 0 Å². The average molecular weight is 424 g/mol. The summed E-state index contributed by atoms with van der Waals surface area (Å²) in [5.41, 5.74) is 0.0936. The molecule has 0 aromatic heterocycles. The van der Waals surface area contributed by atoms with Gasteiger partial charge in [-0.2, -0.15) is 13.2 Å². The van der Waals surface area contributed by atoms with Gasteiger partial charge in [0.15, 0.2) is 0 Å². The van der Waals surface area contributed by atoms with Crippen LogP contribution in [0.4, 0.5) is 13.2 Å². The number of ketones is 1. The van der Waals surface area contributed by atoms with Crippen molar-refractivity contribution in [3.05, 3.63) is 35.4 Å². The van der Waals surface area contributed by atoms with E-state index in [1.165, 1.54) is 37.8 Å². The standard InChI is InChI=1S/C25H36F3NO/c1-4-29(22-10-5-6-11-22)16-20-15-23(20)24(30)18(3)17(2)12-13-19-8-7-9-21(14-19)25(26,27)28/h7-9,14,17-18,20,22-23H,4-6,10-13,15-16H2,1-3H3. The average Bonchev–Trinajstić information content (AvgIpc) is 3.28. The van der Waals surface area contributed by atoms with Crippen LogP contribution in [-0.2, 0) is 17.4 Å². The van der Waals surface area contributed by atoms with Crippen LogP contribution in [0.15, 0.2) is 24.3 Å². The van der Waals surface area contributed by atoms with E-state index in [-0.39, 0.29) is 17.8 Å². The number of aryl methyl sites for hydroxylation is 1. The molecule has 2 aliphatic carbocycles. The molecule has 2 nitrogen and oxygen atoms in total. The van der Waals surface area contributed by atoms with Crippen molar-refractivity contribution in [3.8, 4) is 0 Å². The van der Waals surface area contributed by atoms with Crippen LogP contribution in [0.1, 0.15) is 70.4 Å². The van der Waals surface area contributed by atoms with Crippen LogP contribution in [0.3, 0.4) is 0 Å². The smallest absolute Gasteiger partial charge is 0.300 e. The third-order valence-electron chi connectivity index (χ3n) is 7.45. The number of alkyl halides is 3. The molecule has 4 unspecified atom stereocenters. The molecule has 0 bridgehead atoms. The number of hydrogen-bond donors (Lipinski definition) is 0. The van der Waals surface area contributed by atoms with Crippen LogP contribution in [0, 0.1) is 23.7 Å². The van der Waals surface area contributed by atoms with Gasteiger partial charge in [0.05, 0.1) is 5.56 Å². The third kappa shape index (κ3) is 5.87. The van der Waals surface area contributed by atoms with E-state index in [1.807, 2.05) is 6.92 Å². The summed E-state index contributed by atoms with van der Waals surface area (Å²) in [6.45, 7) is 8.39. The Balaban J connectivity index is 1.47. The summed E-state index contributed by atoms with van der Waals surface area (Å²) < 4.78 is 38.7. The molecule has 0 spiro atoms. The SMILES string of the molecule is CCN(CC1CC1C(=O)C(C)C(C)CCc1cccc(C(F)(F)F)c1)C1CCCC1. The molecule has 0 heterocycles. The fraction of sp³-hybridized carbons (Fsp3) is 0.720. The number of benzene rings is 1. The van der Waals surface area contributed by atoms with Crippen molar-refractivity contribution in [2.24, 2.45) is 23.7 Å². The molecule has 5 heteroatoms. The first-order valence-electron chi connectivity index (χ1n) is 11.6. The summed E-state index contributed by atoms with van der Waals surface area (Å²) in [6, 6.07) is 6.26. The van der Waals surface area contributed by atoms with Gasteiger partial charge < -0.3 is 4.90 Å². The zero-order chi connectivity index (χ0) is 21.9. The van der Waals surface area contributed by atoms with E-state index in [0.29, 0.717) is 29.7 Å². The lowest BCUT2D eigenvalue weighted by atomic mass is 9.85. The Bertz CT molecular complexity index is 711. The number of halogens is 3. The van der Waals surface area contributed by atoms with Crippen molar-refractivity contribution in [2.75, 3.05) is 13.1 Å². The van der Waals surface area contributed by atoms with Gasteiger partial charge in [-0.1, -0.05) is 51.8 Å². The summed E-state index contributed by atoms with van der Waals surface area (Å²) in [4.78, 5) is 15.6. The zero-order valence-electron chi connectivity index (χ0n) is 18.5. The second-order valence-electron chi connectivity index (χ2n) is 9.53. The molecule has 0 N–H and O–H groups in total. The normalized spacial score (nSPS) is 24.2. The van der Waals surface area contributed by atoms with Crippen molar-refractivity contribution in [2.45, 2.75) is 77.9 Å². The number of Topliss-reactive ketones (excluding diaryl/α,β-unsaturated/α-hetero) is 1. The number of nitrogens with zero attached hydrogens (tertiary/aromatic N) is 1. The molecule has 1 aromatic rings. The summed E-state index contributed by atoms with van der Waals surface area (Å²) in [6.07, 6.45) is 3.24. The van der Waals surface area contributed by atoms with Crippen LogP contribution in [-0.4, -0.2) is 29.8 Å². The molecule has 30 heavy (non-hydrogen) atoms. The highest BCUT2D eigenvalue weighted by Crippen LogP contribution is 2.43. The number of carbonyl (C=O) groups excluding carboxylic acids is 1. The number of rotatable bonds is 10. The van der Waals surface area contributed by atoms with Crippen LogP contribution in [0.2, 0.25) is 0 Å². The highest BCUT2D eigenvalue weighted by atomic mass is 19.4. The molecule has 2 fully saturated rings. The predicted octanol–water partition coefficient (Wildman–Crippen LogP) is 6.38. The Morgan fingerprint density at radius 2 is 1.90 bits per heavy atom. The number of carbonyl (C=O) groups is 1. The first-order valence-corrected chi connectivity index (χ1v) is 11.6. The highest BCUT2D eigenvalue weighted by Gasteiger charge is 2.46. The lowest BCUT2D eigenvalue weighted by molar-refractivity contribution is -0.137. The fourth-order valence-corrected chi connectivity index (χ4v) is 5.07. The van der Waals surface area contributed by atoms with Gasteiger partial charge in [0, 0.05) is 24.4 Å². The largest absolute Gasteiger partial charge is 0.416 e. The topological polar surface area (TPSA) is 20.3 Å². The quantitative estimate of drug-likeness (QED) is 0.435. The van der Waals surface area contributed by atoms with Gasteiger partial charge in [-0.05, 0) is 62.1 Å². The Morgan fingerprint density at radius 3 is 2.53 bits per heavy atom. The molecule has 0 aliphatic heterocycles. The fourth-order valence-electron chi connectivity index (χ4n) is 5.07. The lowest BCUT2D eigenvalue weighted by Gasteiger charge is -2.27. The van der Waals surface area contributed by atoms with E-state index in [2.05, 4.69) is 18.7 Å². The maximum absolute atomic E-state index is 13.0. The molecule has 0 amide bonds. The van der Waals surface area contributed by atoms with Crippen LogP contribution in [0.25, 0.3) is 0 Å². The summed E-state index contributed by atoms with van der Waals surface area (Å²) in [5, 5.41) is 0. The predicted molar refractivity (Wildman–Crippen MR) is 114 cm³/mol. The van der Waals surface area contributed by atoms with Gasteiger partial charge in [0.25, 0.3) is 0 Å². The van der Waals surface area contributed by atoms with Gasteiger partial charge in [0.2, 0.25) is 0 Å². The molecule has 168 valence electrons. The minimum absolute atomic E-state index is 0.0349. The Labute approximate surface area is 179 Å². The van der Waals surface area contributed by atoms with E-state index in [0.717, 1.165) is 32.0 Å². The van der Waals surface area contributed by atoms with Crippen molar-refractivity contribution < 1.29 is 18.0 Å². The molecule has 4 atom stereocenters. The van der Waals surface area contributed by atoms with E-state index in [9.17, 15) is 18.0 Å². The summed E-state index contributed by atoms with van der Waals surface area (Å²) in [7, 11) is 0. The minimum atomic E-state index is -4.31. The highest BCUT2D eigenvalue weighted by molar-refractivity contribution is 5.86. The molecule has 2 saturated carbocycles. The number of hydrogen-bond acceptors (Lipinski definition) is 2.